The molecule has 2 saturated carbocycles. The third-order valence-corrected chi connectivity index (χ3v) is 5.93. The number of ether oxygens (including phenoxy) is 1. The summed E-state index contributed by atoms with van der Waals surface area (Å²) in [5.74, 6) is 1.24. The summed E-state index contributed by atoms with van der Waals surface area (Å²) in [5, 5.41) is 3.07. The van der Waals surface area contributed by atoms with Crippen molar-refractivity contribution < 1.29 is 14.3 Å². The van der Waals surface area contributed by atoms with E-state index in [1.54, 1.807) is 17.3 Å². The molecule has 2 heterocycles. The van der Waals surface area contributed by atoms with Gasteiger partial charge in [-0.2, -0.15) is 0 Å². The van der Waals surface area contributed by atoms with Gasteiger partial charge in [-0.25, -0.2) is 0 Å². The molecule has 1 aliphatic heterocycles. The molecule has 0 bridgehead atoms. The van der Waals surface area contributed by atoms with Crippen LogP contribution in [0.4, 0.5) is 0 Å². The molecule has 0 aromatic carbocycles. The third-order valence-electron chi connectivity index (χ3n) is 5.93. The Morgan fingerprint density at radius 1 is 1.19 bits per heavy atom. The second-order valence-electron chi connectivity index (χ2n) is 8.22. The number of aromatic nitrogens is 1. The van der Waals surface area contributed by atoms with Gasteiger partial charge in [-0.15, -0.1) is 0 Å². The van der Waals surface area contributed by atoms with Crippen LogP contribution in [-0.4, -0.2) is 46.4 Å². The summed E-state index contributed by atoms with van der Waals surface area (Å²) in [4.78, 5) is 31.6. The third kappa shape index (κ3) is 4.79. The largest absolute Gasteiger partial charge is 0.487 e. The minimum absolute atomic E-state index is 0.0215. The van der Waals surface area contributed by atoms with E-state index < -0.39 is 6.04 Å². The molecule has 27 heavy (non-hydrogen) atoms. The van der Waals surface area contributed by atoms with Gasteiger partial charge in [0.2, 0.25) is 11.8 Å². The topological polar surface area (TPSA) is 71.5 Å². The van der Waals surface area contributed by atoms with Crippen LogP contribution in [0.25, 0.3) is 0 Å². The lowest BCUT2D eigenvalue weighted by atomic mass is 9.86. The van der Waals surface area contributed by atoms with E-state index >= 15 is 0 Å². The number of likely N-dealkylation sites (tertiary alicyclic amines) is 1. The molecule has 0 spiro atoms. The molecule has 3 fully saturated rings. The van der Waals surface area contributed by atoms with E-state index in [1.807, 2.05) is 12.1 Å². The van der Waals surface area contributed by atoms with Gasteiger partial charge in [0.15, 0.2) is 0 Å². The first-order valence-corrected chi connectivity index (χ1v) is 10.4. The highest BCUT2D eigenvalue weighted by atomic mass is 16.5. The van der Waals surface area contributed by atoms with Gasteiger partial charge in [0.05, 0.1) is 12.7 Å². The van der Waals surface area contributed by atoms with Crippen molar-refractivity contribution in [1.82, 2.24) is 15.2 Å². The van der Waals surface area contributed by atoms with E-state index in [0.29, 0.717) is 37.1 Å². The Kier molecular flexibility index (Phi) is 5.60. The number of carbonyl (C=O) groups excluding carboxylic acids is 2. The number of nitrogens with zero attached hydrogens (tertiary/aromatic N) is 2. The second kappa shape index (κ2) is 8.28. The molecule has 6 heteroatoms. The van der Waals surface area contributed by atoms with Crippen LogP contribution >= 0.6 is 0 Å². The van der Waals surface area contributed by atoms with Crippen molar-refractivity contribution >= 4 is 11.8 Å². The van der Waals surface area contributed by atoms with E-state index in [4.69, 9.17) is 4.74 Å². The molecule has 1 saturated heterocycles. The van der Waals surface area contributed by atoms with Crippen LogP contribution in [0.15, 0.2) is 24.5 Å². The van der Waals surface area contributed by atoms with Crippen molar-refractivity contribution in [2.24, 2.45) is 5.92 Å². The lowest BCUT2D eigenvalue weighted by molar-refractivity contribution is -0.139. The Bertz CT molecular complexity index is 656. The summed E-state index contributed by atoms with van der Waals surface area (Å²) in [6, 6.07) is 3.57. The van der Waals surface area contributed by atoms with Crippen molar-refractivity contribution in [3.63, 3.8) is 0 Å². The van der Waals surface area contributed by atoms with Crippen LogP contribution in [0.3, 0.4) is 0 Å². The van der Waals surface area contributed by atoms with E-state index in [2.05, 4.69) is 10.3 Å². The number of rotatable bonds is 6. The summed E-state index contributed by atoms with van der Waals surface area (Å²) in [6.45, 7) is 0.475. The normalized spacial score (nSPS) is 26.0. The molecule has 1 N–H and O–H groups in total. The molecule has 4 rings (SSSR count). The minimum Gasteiger partial charge on any atom is -0.487 e. The van der Waals surface area contributed by atoms with E-state index in [1.165, 1.54) is 19.3 Å². The fraction of sp³-hybridized carbons (Fsp3) is 0.667. The molecule has 1 aromatic heterocycles. The first-order valence-electron chi connectivity index (χ1n) is 10.4. The highest BCUT2D eigenvalue weighted by Crippen LogP contribution is 2.30. The van der Waals surface area contributed by atoms with Gasteiger partial charge in [-0.05, 0) is 43.7 Å². The summed E-state index contributed by atoms with van der Waals surface area (Å²) in [7, 11) is 0. The monoisotopic (exact) mass is 371 g/mol. The summed E-state index contributed by atoms with van der Waals surface area (Å²) in [6.07, 6.45) is 12.4. The molecule has 2 atom stereocenters. The Balaban J connectivity index is 1.41. The number of carbonyl (C=O) groups is 2. The van der Waals surface area contributed by atoms with Crippen LogP contribution in [-0.2, 0) is 9.59 Å². The molecule has 6 nitrogen and oxygen atoms in total. The van der Waals surface area contributed by atoms with Gasteiger partial charge in [-0.1, -0.05) is 19.3 Å². The van der Waals surface area contributed by atoms with Crippen LogP contribution in [0, 0.1) is 5.92 Å². The van der Waals surface area contributed by atoms with Gasteiger partial charge >= 0.3 is 0 Å². The highest BCUT2D eigenvalue weighted by Gasteiger charge is 2.42. The van der Waals surface area contributed by atoms with Gasteiger partial charge in [0.25, 0.3) is 0 Å². The zero-order chi connectivity index (χ0) is 18.6. The molecule has 0 radical (unpaired) electrons. The average molecular weight is 371 g/mol. The second-order valence-corrected chi connectivity index (χ2v) is 8.22. The molecule has 0 unspecified atom stereocenters. The molecule has 1 aromatic rings. The fourth-order valence-corrected chi connectivity index (χ4v) is 4.30. The van der Waals surface area contributed by atoms with Crippen LogP contribution in [0.2, 0.25) is 0 Å². The first kappa shape index (κ1) is 18.3. The Hall–Kier alpha value is -2.11. The highest BCUT2D eigenvalue weighted by molar-refractivity contribution is 5.88. The van der Waals surface area contributed by atoms with Gasteiger partial charge in [-0.3, -0.25) is 14.6 Å². The zero-order valence-corrected chi connectivity index (χ0v) is 15.8. The quantitative estimate of drug-likeness (QED) is 0.835. The molecule has 3 aliphatic rings. The summed E-state index contributed by atoms with van der Waals surface area (Å²) >= 11 is 0. The maximum Gasteiger partial charge on any atom is 0.243 e. The van der Waals surface area contributed by atoms with Crippen LogP contribution in [0.1, 0.15) is 57.8 Å². The minimum atomic E-state index is -0.414. The number of amides is 2. The predicted octanol–water partition coefficient (Wildman–Crippen LogP) is 2.68. The predicted molar refractivity (Wildman–Crippen MR) is 101 cm³/mol. The Labute approximate surface area is 160 Å². The Morgan fingerprint density at radius 3 is 2.70 bits per heavy atom. The van der Waals surface area contributed by atoms with Crippen molar-refractivity contribution in [3.05, 3.63) is 24.5 Å². The lowest BCUT2D eigenvalue weighted by Gasteiger charge is -2.27. The maximum atomic E-state index is 13.0. The molecule has 146 valence electrons. The van der Waals surface area contributed by atoms with E-state index in [-0.39, 0.29) is 17.9 Å². The first-order chi connectivity index (χ1) is 13.2. The summed E-state index contributed by atoms with van der Waals surface area (Å²) < 4.78 is 6.01. The van der Waals surface area contributed by atoms with Crippen molar-refractivity contribution in [2.45, 2.75) is 76.0 Å². The van der Waals surface area contributed by atoms with E-state index in [0.717, 1.165) is 25.7 Å². The van der Waals surface area contributed by atoms with E-state index in [9.17, 15) is 9.59 Å². The molecule has 2 aliphatic carbocycles. The smallest absolute Gasteiger partial charge is 0.243 e. The van der Waals surface area contributed by atoms with Gasteiger partial charge in [0, 0.05) is 25.1 Å². The van der Waals surface area contributed by atoms with Crippen LogP contribution in [0.5, 0.6) is 5.75 Å². The number of hydrogen-bond donors (Lipinski definition) is 1. The molecule has 2 amide bonds. The average Bonchev–Trinajstić information content (AvgIpc) is 3.39. The Morgan fingerprint density at radius 2 is 2.00 bits per heavy atom. The van der Waals surface area contributed by atoms with Crippen molar-refractivity contribution in [2.75, 3.05) is 6.54 Å². The van der Waals surface area contributed by atoms with Gasteiger partial charge in [0.1, 0.15) is 17.9 Å². The van der Waals surface area contributed by atoms with Crippen molar-refractivity contribution in [1.29, 1.82) is 0 Å². The number of hydrogen-bond acceptors (Lipinski definition) is 4. The summed E-state index contributed by atoms with van der Waals surface area (Å²) in [5.41, 5.74) is 0. The van der Waals surface area contributed by atoms with Gasteiger partial charge < -0.3 is 15.0 Å². The lowest BCUT2D eigenvalue weighted by Crippen LogP contribution is -2.47. The maximum absolute atomic E-state index is 13.0. The van der Waals surface area contributed by atoms with Crippen molar-refractivity contribution in [3.8, 4) is 5.75 Å². The van der Waals surface area contributed by atoms with Crippen LogP contribution < -0.4 is 10.1 Å². The zero-order valence-electron chi connectivity index (χ0n) is 15.8. The number of pyridine rings is 1. The fourth-order valence-electron chi connectivity index (χ4n) is 4.30. The SMILES string of the molecule is O=C(NC1CC1)[C@@H]1C[C@H](Oc2cccnc2)CN1C(=O)CC1CCCCC1. The number of nitrogens with one attached hydrogen (secondary N) is 1. The standard InChI is InChI=1S/C21H29N3O3/c25-20(11-15-5-2-1-3-6-15)24-14-18(27-17-7-4-10-22-13-17)12-19(24)21(26)23-16-8-9-16/h4,7,10,13,15-16,18-19H,1-3,5-6,8-9,11-12,14H2,(H,23,26)/t18-,19-/m0/s1. The molecular weight excluding hydrogens is 342 g/mol. The molecular formula is C21H29N3O3.